The molecular weight excluding hydrogens is 320 g/mol. The summed E-state index contributed by atoms with van der Waals surface area (Å²) in [6.45, 7) is 2.09. The van der Waals surface area contributed by atoms with Crippen LogP contribution in [0.3, 0.4) is 0 Å². The molecule has 25 heavy (non-hydrogen) atoms. The molecule has 2 aromatic rings. The molecule has 1 aliphatic rings. The van der Waals surface area contributed by atoms with E-state index in [-0.39, 0.29) is 24.5 Å². The van der Waals surface area contributed by atoms with Crippen molar-refractivity contribution >= 4 is 12.0 Å². The van der Waals surface area contributed by atoms with Crippen molar-refractivity contribution in [2.24, 2.45) is 5.92 Å². The van der Waals surface area contributed by atoms with E-state index >= 15 is 0 Å². The van der Waals surface area contributed by atoms with Gasteiger partial charge < -0.3 is 15.0 Å². The maximum atomic E-state index is 12.2. The lowest BCUT2D eigenvalue weighted by Gasteiger charge is -2.32. The molecule has 0 bridgehead atoms. The Labute approximate surface area is 146 Å². The molecule has 7 heteroatoms. The van der Waals surface area contributed by atoms with Crippen LogP contribution in [0.4, 0.5) is 4.79 Å². The molecule has 2 amide bonds. The number of carbonyl (C=O) groups is 2. The van der Waals surface area contributed by atoms with Crippen molar-refractivity contribution in [3.63, 3.8) is 0 Å². The Morgan fingerprint density at radius 3 is 2.88 bits per heavy atom. The first-order chi connectivity index (χ1) is 12.2. The molecule has 1 fully saturated rings. The third-order valence-corrected chi connectivity index (χ3v) is 4.28. The predicted molar refractivity (Wildman–Crippen MR) is 91.8 cm³/mol. The van der Waals surface area contributed by atoms with Gasteiger partial charge in [-0.2, -0.15) is 5.10 Å². The van der Waals surface area contributed by atoms with E-state index in [9.17, 15) is 9.59 Å². The number of hydrogen-bond acceptors (Lipinski definition) is 4. The number of hydrogen-bond donors (Lipinski definition) is 2. The van der Waals surface area contributed by atoms with Gasteiger partial charge in [-0.3, -0.25) is 9.89 Å². The van der Waals surface area contributed by atoms with Gasteiger partial charge in [0.25, 0.3) is 5.91 Å². The standard InChI is InChI=1S/C18H22N4O3/c23-17(16-8-9-20-21-16)19-11-15-7-4-10-22(12-15)18(24)25-13-14-5-2-1-3-6-14/h1-3,5-6,8-9,15H,4,7,10-13H2,(H,19,23)(H,20,21). The lowest BCUT2D eigenvalue weighted by Crippen LogP contribution is -2.43. The van der Waals surface area contributed by atoms with Gasteiger partial charge in [-0.05, 0) is 30.4 Å². The van der Waals surface area contributed by atoms with Gasteiger partial charge in [0.15, 0.2) is 0 Å². The minimum Gasteiger partial charge on any atom is -0.445 e. The smallest absolute Gasteiger partial charge is 0.410 e. The van der Waals surface area contributed by atoms with Crippen LogP contribution in [-0.2, 0) is 11.3 Å². The molecule has 1 atom stereocenters. The third-order valence-electron chi connectivity index (χ3n) is 4.28. The summed E-state index contributed by atoms with van der Waals surface area (Å²) in [5, 5.41) is 9.28. The number of rotatable bonds is 5. The Bertz CT molecular complexity index is 688. The molecule has 0 aliphatic carbocycles. The highest BCUT2D eigenvalue weighted by Crippen LogP contribution is 2.17. The molecule has 3 rings (SSSR count). The number of piperidine rings is 1. The normalized spacial score (nSPS) is 17.1. The first kappa shape index (κ1) is 17.0. The first-order valence-corrected chi connectivity index (χ1v) is 8.45. The second-order valence-electron chi connectivity index (χ2n) is 6.17. The van der Waals surface area contributed by atoms with Crippen LogP contribution in [0.2, 0.25) is 0 Å². The molecule has 0 radical (unpaired) electrons. The number of benzene rings is 1. The summed E-state index contributed by atoms with van der Waals surface area (Å²) < 4.78 is 5.39. The molecule has 2 heterocycles. The van der Waals surface area contributed by atoms with Crippen molar-refractivity contribution in [2.75, 3.05) is 19.6 Å². The molecule has 2 N–H and O–H groups in total. The quantitative estimate of drug-likeness (QED) is 0.872. The minimum atomic E-state index is -0.298. The fourth-order valence-corrected chi connectivity index (χ4v) is 2.92. The Kier molecular flexibility index (Phi) is 5.66. The Morgan fingerprint density at radius 2 is 2.12 bits per heavy atom. The van der Waals surface area contributed by atoms with Crippen molar-refractivity contribution in [3.05, 3.63) is 53.9 Å². The van der Waals surface area contributed by atoms with Gasteiger partial charge in [0.05, 0.1) is 0 Å². The van der Waals surface area contributed by atoms with Gasteiger partial charge in [-0.15, -0.1) is 0 Å². The number of aromatic nitrogens is 2. The van der Waals surface area contributed by atoms with Gasteiger partial charge >= 0.3 is 6.09 Å². The lowest BCUT2D eigenvalue weighted by atomic mass is 9.98. The van der Waals surface area contributed by atoms with E-state index in [1.807, 2.05) is 30.3 Å². The Hall–Kier alpha value is -2.83. The predicted octanol–water partition coefficient (Wildman–Crippen LogP) is 2.19. The molecule has 1 unspecified atom stereocenters. The number of nitrogens with one attached hydrogen (secondary N) is 2. The zero-order chi connectivity index (χ0) is 17.5. The Balaban J connectivity index is 1.44. The molecule has 1 aromatic heterocycles. The van der Waals surface area contributed by atoms with Crippen LogP contribution in [-0.4, -0.2) is 46.7 Å². The van der Waals surface area contributed by atoms with Crippen LogP contribution in [0.5, 0.6) is 0 Å². The van der Waals surface area contributed by atoms with Crippen molar-refractivity contribution in [1.29, 1.82) is 0 Å². The topological polar surface area (TPSA) is 87.3 Å². The van der Waals surface area contributed by atoms with Crippen LogP contribution in [0.25, 0.3) is 0 Å². The van der Waals surface area contributed by atoms with Gasteiger partial charge in [0.1, 0.15) is 12.3 Å². The summed E-state index contributed by atoms with van der Waals surface area (Å²) in [6, 6.07) is 11.3. The summed E-state index contributed by atoms with van der Waals surface area (Å²) in [5.41, 5.74) is 1.41. The van der Waals surface area contributed by atoms with Crippen LogP contribution in [0, 0.1) is 5.92 Å². The number of amides is 2. The Morgan fingerprint density at radius 1 is 1.28 bits per heavy atom. The van der Waals surface area contributed by atoms with Crippen molar-refractivity contribution < 1.29 is 14.3 Å². The van der Waals surface area contributed by atoms with E-state index in [0.717, 1.165) is 18.4 Å². The third kappa shape index (κ3) is 4.82. The maximum Gasteiger partial charge on any atom is 0.410 e. The average molecular weight is 342 g/mol. The van der Waals surface area contributed by atoms with Gasteiger partial charge in [-0.25, -0.2) is 4.79 Å². The van der Waals surface area contributed by atoms with E-state index in [0.29, 0.717) is 25.3 Å². The number of aromatic amines is 1. The van der Waals surface area contributed by atoms with E-state index in [1.165, 1.54) is 0 Å². The highest BCUT2D eigenvalue weighted by Gasteiger charge is 2.25. The number of ether oxygens (including phenoxy) is 1. The monoisotopic (exact) mass is 342 g/mol. The van der Waals surface area contributed by atoms with Crippen molar-refractivity contribution in [3.8, 4) is 0 Å². The maximum absolute atomic E-state index is 12.2. The van der Waals surface area contributed by atoms with Gasteiger partial charge in [0, 0.05) is 25.8 Å². The molecule has 0 saturated carbocycles. The van der Waals surface area contributed by atoms with Crippen LogP contribution >= 0.6 is 0 Å². The summed E-state index contributed by atoms with van der Waals surface area (Å²) in [5.74, 6) is 0.0474. The summed E-state index contributed by atoms with van der Waals surface area (Å²) >= 11 is 0. The first-order valence-electron chi connectivity index (χ1n) is 8.45. The molecule has 1 aliphatic heterocycles. The molecule has 1 saturated heterocycles. The van der Waals surface area contributed by atoms with E-state index in [2.05, 4.69) is 15.5 Å². The van der Waals surface area contributed by atoms with Gasteiger partial charge in [-0.1, -0.05) is 30.3 Å². The average Bonchev–Trinajstić information content (AvgIpc) is 3.20. The summed E-state index contributed by atoms with van der Waals surface area (Å²) in [7, 11) is 0. The molecular formula is C18H22N4O3. The second kappa shape index (κ2) is 8.32. The number of H-pyrrole nitrogens is 1. The van der Waals surface area contributed by atoms with Crippen LogP contribution in [0.15, 0.2) is 42.6 Å². The number of likely N-dealkylation sites (tertiary alicyclic amines) is 1. The van der Waals surface area contributed by atoms with Crippen LogP contribution < -0.4 is 5.32 Å². The lowest BCUT2D eigenvalue weighted by molar-refractivity contribution is 0.0776. The SMILES string of the molecule is O=C(NCC1CCCN(C(=O)OCc2ccccc2)C1)c1ccn[nH]1. The fraction of sp³-hybridized carbons (Fsp3) is 0.389. The second-order valence-corrected chi connectivity index (χ2v) is 6.17. The summed E-state index contributed by atoms with van der Waals surface area (Å²) in [4.78, 5) is 25.9. The number of nitrogens with zero attached hydrogens (tertiary/aromatic N) is 2. The largest absolute Gasteiger partial charge is 0.445 e. The van der Waals surface area contributed by atoms with Gasteiger partial charge in [0.2, 0.25) is 0 Å². The fourth-order valence-electron chi connectivity index (χ4n) is 2.92. The van der Waals surface area contributed by atoms with Crippen molar-refractivity contribution in [2.45, 2.75) is 19.4 Å². The van der Waals surface area contributed by atoms with E-state index in [4.69, 9.17) is 4.74 Å². The van der Waals surface area contributed by atoms with Crippen molar-refractivity contribution in [1.82, 2.24) is 20.4 Å². The zero-order valence-corrected chi connectivity index (χ0v) is 14.0. The highest BCUT2D eigenvalue weighted by atomic mass is 16.6. The molecule has 0 spiro atoms. The minimum absolute atomic E-state index is 0.179. The number of carbonyl (C=O) groups excluding carboxylic acids is 2. The molecule has 132 valence electrons. The molecule has 7 nitrogen and oxygen atoms in total. The zero-order valence-electron chi connectivity index (χ0n) is 14.0. The summed E-state index contributed by atoms with van der Waals surface area (Å²) in [6.07, 6.45) is 3.13. The molecule has 1 aromatic carbocycles. The van der Waals surface area contributed by atoms with Crippen LogP contribution in [0.1, 0.15) is 28.9 Å². The highest BCUT2D eigenvalue weighted by molar-refractivity contribution is 5.92. The van der Waals surface area contributed by atoms with E-state index in [1.54, 1.807) is 17.2 Å². The van der Waals surface area contributed by atoms with E-state index < -0.39 is 0 Å².